The molecule has 2 heterocycles. The van der Waals surface area contributed by atoms with Crippen molar-refractivity contribution in [2.75, 3.05) is 52.4 Å². The number of nitrogens with zero attached hydrogens (tertiary/aromatic N) is 3. The average Bonchev–Trinajstić information content (AvgIpc) is 2.95. The zero-order valence-corrected chi connectivity index (χ0v) is 22.3. The Labute approximate surface area is 224 Å². The highest BCUT2D eigenvalue weighted by Crippen LogP contribution is 2.30. The number of aliphatic hydroxyl groups excluding tert-OH is 1. The minimum absolute atomic E-state index is 0.212. The Morgan fingerprint density at radius 1 is 0.842 bits per heavy atom. The third kappa shape index (κ3) is 5.46. The lowest BCUT2D eigenvalue weighted by Gasteiger charge is -2.36. The van der Waals surface area contributed by atoms with Gasteiger partial charge in [0.05, 0.1) is 0 Å². The van der Waals surface area contributed by atoms with E-state index in [0.29, 0.717) is 36.7 Å². The van der Waals surface area contributed by atoms with Gasteiger partial charge in [0.25, 0.3) is 11.8 Å². The summed E-state index contributed by atoms with van der Waals surface area (Å²) >= 11 is 0. The number of imide groups is 1. The van der Waals surface area contributed by atoms with E-state index < -0.39 is 6.10 Å². The van der Waals surface area contributed by atoms with Crippen LogP contribution in [0.15, 0.2) is 60.7 Å². The number of aliphatic hydroxyl groups is 1. The van der Waals surface area contributed by atoms with Crippen molar-refractivity contribution in [1.29, 1.82) is 0 Å². The molecule has 0 radical (unpaired) electrons. The summed E-state index contributed by atoms with van der Waals surface area (Å²) in [7, 11) is 0. The highest BCUT2D eigenvalue weighted by atomic mass is 16.5. The summed E-state index contributed by atoms with van der Waals surface area (Å²) < 4.78 is 6.00. The van der Waals surface area contributed by atoms with Crippen LogP contribution in [-0.4, -0.2) is 90.1 Å². The van der Waals surface area contributed by atoms with E-state index in [9.17, 15) is 14.7 Å². The van der Waals surface area contributed by atoms with Gasteiger partial charge in [0.1, 0.15) is 18.5 Å². The lowest BCUT2D eigenvalue weighted by atomic mass is 9.94. The van der Waals surface area contributed by atoms with E-state index >= 15 is 0 Å². The molecule has 7 heteroatoms. The molecular formula is C31H37N3O4. The van der Waals surface area contributed by atoms with Gasteiger partial charge in [-0.15, -0.1) is 0 Å². The molecule has 1 fully saturated rings. The number of para-hydroxylation sites is 1. The van der Waals surface area contributed by atoms with Gasteiger partial charge in [-0.1, -0.05) is 56.3 Å². The van der Waals surface area contributed by atoms with Gasteiger partial charge in [-0.3, -0.25) is 24.3 Å². The molecule has 3 aromatic rings. The molecule has 0 aromatic heterocycles. The number of piperazine rings is 1. The second kappa shape index (κ2) is 11.6. The van der Waals surface area contributed by atoms with Gasteiger partial charge in [0.15, 0.2) is 0 Å². The molecule has 3 aromatic carbocycles. The van der Waals surface area contributed by atoms with E-state index in [4.69, 9.17) is 4.74 Å². The lowest BCUT2D eigenvalue weighted by Crippen LogP contribution is -2.51. The van der Waals surface area contributed by atoms with E-state index in [1.54, 1.807) is 0 Å². The number of hydrogen-bond acceptors (Lipinski definition) is 6. The van der Waals surface area contributed by atoms with Crippen molar-refractivity contribution < 1.29 is 19.4 Å². The maximum Gasteiger partial charge on any atom is 0.261 e. The van der Waals surface area contributed by atoms with Crippen molar-refractivity contribution in [2.45, 2.75) is 32.3 Å². The van der Waals surface area contributed by atoms with Gasteiger partial charge in [-0.2, -0.15) is 0 Å². The fourth-order valence-corrected chi connectivity index (χ4v) is 5.50. The Morgan fingerprint density at radius 3 is 2.13 bits per heavy atom. The first-order chi connectivity index (χ1) is 18.5. The zero-order chi connectivity index (χ0) is 26.6. The maximum atomic E-state index is 13.1. The van der Waals surface area contributed by atoms with E-state index in [2.05, 4.69) is 29.7 Å². The second-order valence-corrected chi connectivity index (χ2v) is 10.4. The number of amides is 2. The molecule has 2 amide bonds. The minimum Gasteiger partial charge on any atom is -0.491 e. The monoisotopic (exact) mass is 515 g/mol. The first-order valence-corrected chi connectivity index (χ1v) is 13.7. The van der Waals surface area contributed by atoms with Crippen LogP contribution in [-0.2, 0) is 0 Å². The number of carbonyl (C=O) groups is 2. The molecule has 2 aliphatic heterocycles. The van der Waals surface area contributed by atoms with Crippen LogP contribution in [0.2, 0.25) is 0 Å². The van der Waals surface area contributed by atoms with Crippen LogP contribution in [0.4, 0.5) is 0 Å². The predicted octanol–water partition coefficient (Wildman–Crippen LogP) is 4.01. The van der Waals surface area contributed by atoms with E-state index in [0.717, 1.165) is 49.1 Å². The molecule has 1 saturated heterocycles. The SMILES string of the molecule is CCC(C)c1ccccc1OCC(O)CN1CCN(CCN2C(=O)c3cccc4cccc(c34)C2=O)CC1. The van der Waals surface area contributed by atoms with Gasteiger partial charge >= 0.3 is 0 Å². The molecule has 200 valence electrons. The molecule has 1 N–H and O–H groups in total. The van der Waals surface area contributed by atoms with Crippen LogP contribution in [0.3, 0.4) is 0 Å². The van der Waals surface area contributed by atoms with E-state index in [1.807, 2.05) is 54.6 Å². The molecule has 0 aliphatic carbocycles. The first-order valence-electron chi connectivity index (χ1n) is 13.7. The second-order valence-electron chi connectivity index (χ2n) is 10.4. The van der Waals surface area contributed by atoms with E-state index in [-0.39, 0.29) is 18.4 Å². The van der Waals surface area contributed by atoms with Crippen LogP contribution in [0.5, 0.6) is 5.75 Å². The van der Waals surface area contributed by atoms with E-state index in [1.165, 1.54) is 10.5 Å². The number of benzene rings is 3. The number of carbonyl (C=O) groups excluding carboxylic acids is 2. The van der Waals surface area contributed by atoms with Crippen molar-refractivity contribution >= 4 is 22.6 Å². The average molecular weight is 516 g/mol. The van der Waals surface area contributed by atoms with Crippen LogP contribution in [0, 0.1) is 0 Å². The fourth-order valence-electron chi connectivity index (χ4n) is 5.50. The number of β-amino-alcohol motifs (C(OH)–C–C–N with tert-alkyl or cyclic N) is 1. The van der Waals surface area contributed by atoms with Gasteiger partial charge in [0.2, 0.25) is 0 Å². The fraction of sp³-hybridized carbons (Fsp3) is 0.419. The molecule has 2 aliphatic rings. The lowest BCUT2D eigenvalue weighted by molar-refractivity contribution is 0.0414. The summed E-state index contributed by atoms with van der Waals surface area (Å²) in [6.45, 7) is 9.49. The summed E-state index contributed by atoms with van der Waals surface area (Å²) in [5, 5.41) is 12.3. The number of hydrogen-bond donors (Lipinski definition) is 1. The van der Waals surface area contributed by atoms with Crippen LogP contribution < -0.4 is 4.74 Å². The Morgan fingerprint density at radius 2 is 1.47 bits per heavy atom. The van der Waals surface area contributed by atoms with Crippen LogP contribution in [0.1, 0.15) is 52.5 Å². The molecule has 2 atom stereocenters. The third-order valence-electron chi connectivity index (χ3n) is 7.92. The highest BCUT2D eigenvalue weighted by molar-refractivity contribution is 6.25. The van der Waals surface area contributed by atoms with Crippen molar-refractivity contribution in [3.05, 3.63) is 77.4 Å². The maximum absolute atomic E-state index is 13.1. The van der Waals surface area contributed by atoms with Crippen LogP contribution in [0.25, 0.3) is 10.8 Å². The summed E-state index contributed by atoms with van der Waals surface area (Å²) in [5.74, 6) is 0.841. The first kappa shape index (κ1) is 26.4. The molecule has 2 unspecified atom stereocenters. The Kier molecular flexibility index (Phi) is 8.07. The van der Waals surface area contributed by atoms with Crippen molar-refractivity contribution in [1.82, 2.24) is 14.7 Å². The van der Waals surface area contributed by atoms with Gasteiger partial charge in [-0.05, 0) is 41.5 Å². The number of rotatable bonds is 10. The highest BCUT2D eigenvalue weighted by Gasteiger charge is 2.33. The van der Waals surface area contributed by atoms with Crippen molar-refractivity contribution in [3.63, 3.8) is 0 Å². The predicted molar refractivity (Wildman–Crippen MR) is 149 cm³/mol. The molecule has 5 rings (SSSR count). The van der Waals surface area contributed by atoms with Gasteiger partial charge in [0, 0.05) is 62.3 Å². The molecule has 38 heavy (non-hydrogen) atoms. The summed E-state index contributed by atoms with van der Waals surface area (Å²) in [5.41, 5.74) is 2.39. The Bertz CT molecular complexity index is 1250. The topological polar surface area (TPSA) is 73.3 Å². The number of ether oxygens (including phenoxy) is 1. The minimum atomic E-state index is -0.571. The molecule has 0 bridgehead atoms. The molecule has 0 saturated carbocycles. The summed E-state index contributed by atoms with van der Waals surface area (Å²) in [6.07, 6.45) is 0.467. The standard InChI is InChI=1S/C31H37N3O4/c1-3-22(2)25-10-4-5-13-28(25)38-21-24(35)20-33-16-14-32(15-17-33)18-19-34-30(36)26-11-6-8-23-9-7-12-27(29(23)26)31(34)37/h4-13,22,24,35H,3,14-21H2,1-2H3. The van der Waals surface area contributed by atoms with Gasteiger partial charge < -0.3 is 9.84 Å². The van der Waals surface area contributed by atoms with Crippen LogP contribution >= 0.6 is 0 Å². The molecular weight excluding hydrogens is 478 g/mol. The Balaban J connectivity index is 1.09. The summed E-state index contributed by atoms with van der Waals surface area (Å²) in [4.78, 5) is 32.2. The van der Waals surface area contributed by atoms with Gasteiger partial charge in [-0.25, -0.2) is 0 Å². The summed E-state index contributed by atoms with van der Waals surface area (Å²) in [6, 6.07) is 19.3. The van der Waals surface area contributed by atoms with Crippen molar-refractivity contribution in [3.8, 4) is 5.75 Å². The molecule has 7 nitrogen and oxygen atoms in total. The smallest absolute Gasteiger partial charge is 0.261 e. The third-order valence-corrected chi connectivity index (χ3v) is 7.92. The normalized spacial score (nSPS) is 18.1. The Hall–Kier alpha value is -3.26. The quantitative estimate of drug-likeness (QED) is 0.412. The largest absolute Gasteiger partial charge is 0.491 e. The zero-order valence-electron chi connectivity index (χ0n) is 22.3. The molecule has 0 spiro atoms. The van der Waals surface area contributed by atoms with Crippen molar-refractivity contribution in [2.24, 2.45) is 0 Å².